The minimum atomic E-state index is 0.522. The third kappa shape index (κ3) is 2.28. The summed E-state index contributed by atoms with van der Waals surface area (Å²) in [4.78, 5) is 0. The van der Waals surface area contributed by atoms with Crippen LogP contribution in [-0.4, -0.2) is 17.8 Å². The van der Waals surface area contributed by atoms with Crippen molar-refractivity contribution in [2.24, 2.45) is 0 Å². The van der Waals surface area contributed by atoms with Gasteiger partial charge < -0.3 is 14.0 Å². The monoisotopic (exact) mass is 267 g/mol. The lowest BCUT2D eigenvalue weighted by Gasteiger charge is -2.08. The number of benzene rings is 2. The summed E-state index contributed by atoms with van der Waals surface area (Å²) in [6, 6.07) is 16.8. The highest BCUT2D eigenvalue weighted by molar-refractivity contribution is 6.07. The van der Waals surface area contributed by atoms with Gasteiger partial charge in [-0.1, -0.05) is 43.0 Å². The van der Waals surface area contributed by atoms with Crippen molar-refractivity contribution in [3.8, 4) is 0 Å². The molecular weight excluding hydrogens is 250 g/mol. The van der Waals surface area contributed by atoms with Gasteiger partial charge in [-0.05, 0) is 12.1 Å². The third-order valence-electron chi connectivity index (χ3n) is 3.36. The van der Waals surface area contributed by atoms with Gasteiger partial charge >= 0.3 is 0 Å². The van der Waals surface area contributed by atoms with Crippen LogP contribution in [0.25, 0.3) is 21.8 Å². The van der Waals surface area contributed by atoms with E-state index in [1.807, 2.05) is 0 Å². The molecule has 3 heteroatoms. The van der Waals surface area contributed by atoms with E-state index in [0.29, 0.717) is 19.9 Å². The van der Waals surface area contributed by atoms with Crippen molar-refractivity contribution in [3.63, 3.8) is 0 Å². The summed E-state index contributed by atoms with van der Waals surface area (Å²) in [5.41, 5.74) is 2.39. The molecule has 2 aromatic carbocycles. The predicted molar refractivity (Wildman–Crippen MR) is 81.5 cm³/mol. The van der Waals surface area contributed by atoms with E-state index in [1.165, 1.54) is 28.1 Å². The molecule has 0 unspecified atom stereocenters. The number of aromatic nitrogens is 1. The highest BCUT2D eigenvalue weighted by Gasteiger charge is 2.08. The standard InChI is InChI=1S/C17H17NO2/c1-2-19-11-12-20-13-18-16-9-5-3-7-14(16)15-8-4-6-10-17(15)18/h2-10H,1,11-13H2. The van der Waals surface area contributed by atoms with Crippen LogP contribution in [0.2, 0.25) is 0 Å². The quantitative estimate of drug-likeness (QED) is 0.499. The first-order chi connectivity index (χ1) is 9.92. The Morgan fingerprint density at radius 2 is 1.50 bits per heavy atom. The number of para-hydroxylation sites is 2. The fourth-order valence-corrected chi connectivity index (χ4v) is 2.49. The van der Waals surface area contributed by atoms with Crippen molar-refractivity contribution < 1.29 is 9.47 Å². The van der Waals surface area contributed by atoms with E-state index >= 15 is 0 Å². The van der Waals surface area contributed by atoms with Gasteiger partial charge in [-0.15, -0.1) is 0 Å². The summed E-state index contributed by atoms with van der Waals surface area (Å²) in [7, 11) is 0. The molecule has 1 heterocycles. The summed E-state index contributed by atoms with van der Waals surface area (Å²) in [5.74, 6) is 0. The minimum Gasteiger partial charge on any atom is -0.499 e. The zero-order valence-electron chi connectivity index (χ0n) is 11.3. The summed E-state index contributed by atoms with van der Waals surface area (Å²) in [5, 5.41) is 2.52. The Labute approximate surface area is 118 Å². The fraction of sp³-hybridized carbons (Fsp3) is 0.176. The van der Waals surface area contributed by atoms with E-state index in [-0.39, 0.29) is 0 Å². The van der Waals surface area contributed by atoms with Gasteiger partial charge in [0.25, 0.3) is 0 Å². The van der Waals surface area contributed by atoms with Gasteiger partial charge in [-0.25, -0.2) is 0 Å². The average molecular weight is 267 g/mol. The second-order valence-electron chi connectivity index (χ2n) is 4.54. The molecule has 0 N–H and O–H groups in total. The SMILES string of the molecule is C=COCCOCn1c2ccccc2c2ccccc21. The number of rotatable bonds is 6. The van der Waals surface area contributed by atoms with Crippen LogP contribution < -0.4 is 0 Å². The molecule has 0 amide bonds. The molecule has 20 heavy (non-hydrogen) atoms. The van der Waals surface area contributed by atoms with E-state index < -0.39 is 0 Å². The van der Waals surface area contributed by atoms with Crippen molar-refractivity contribution in [2.75, 3.05) is 13.2 Å². The lowest BCUT2D eigenvalue weighted by atomic mass is 10.2. The average Bonchev–Trinajstić information content (AvgIpc) is 2.82. The van der Waals surface area contributed by atoms with Gasteiger partial charge in [0.1, 0.15) is 13.3 Å². The summed E-state index contributed by atoms with van der Waals surface area (Å²) in [6.07, 6.45) is 1.43. The second kappa shape index (κ2) is 5.80. The fourth-order valence-electron chi connectivity index (χ4n) is 2.49. The summed E-state index contributed by atoms with van der Waals surface area (Å²) < 4.78 is 12.9. The van der Waals surface area contributed by atoms with Crippen LogP contribution in [0.5, 0.6) is 0 Å². The molecule has 0 spiro atoms. The molecule has 0 bridgehead atoms. The van der Waals surface area contributed by atoms with Crippen molar-refractivity contribution in [2.45, 2.75) is 6.73 Å². The van der Waals surface area contributed by atoms with Crippen molar-refractivity contribution in [1.82, 2.24) is 4.57 Å². The second-order valence-corrected chi connectivity index (χ2v) is 4.54. The maximum absolute atomic E-state index is 5.69. The van der Waals surface area contributed by atoms with Gasteiger partial charge in [-0.3, -0.25) is 0 Å². The van der Waals surface area contributed by atoms with Crippen LogP contribution in [0.15, 0.2) is 61.4 Å². The van der Waals surface area contributed by atoms with Crippen LogP contribution in [0.4, 0.5) is 0 Å². The van der Waals surface area contributed by atoms with E-state index in [4.69, 9.17) is 9.47 Å². The molecule has 0 radical (unpaired) electrons. The number of nitrogens with zero attached hydrogens (tertiary/aromatic N) is 1. The lowest BCUT2D eigenvalue weighted by Crippen LogP contribution is -2.06. The Kier molecular flexibility index (Phi) is 3.70. The highest BCUT2D eigenvalue weighted by Crippen LogP contribution is 2.28. The molecule has 0 atom stereocenters. The third-order valence-corrected chi connectivity index (χ3v) is 3.36. The zero-order valence-corrected chi connectivity index (χ0v) is 11.3. The molecule has 0 aliphatic heterocycles. The van der Waals surface area contributed by atoms with E-state index in [0.717, 1.165) is 0 Å². The van der Waals surface area contributed by atoms with Crippen molar-refractivity contribution in [3.05, 3.63) is 61.4 Å². The van der Waals surface area contributed by atoms with Crippen molar-refractivity contribution in [1.29, 1.82) is 0 Å². The number of fused-ring (bicyclic) bond motifs is 3. The van der Waals surface area contributed by atoms with Gasteiger partial charge in [0.15, 0.2) is 0 Å². The number of hydrogen-bond donors (Lipinski definition) is 0. The Bertz CT molecular complexity index is 677. The van der Waals surface area contributed by atoms with Crippen LogP contribution >= 0.6 is 0 Å². The normalized spacial score (nSPS) is 11.0. The Morgan fingerprint density at radius 3 is 2.10 bits per heavy atom. The van der Waals surface area contributed by atoms with Gasteiger partial charge in [0, 0.05) is 10.8 Å². The molecule has 3 aromatic rings. The Hall–Kier alpha value is -2.26. The Balaban J connectivity index is 1.93. The molecule has 1 aromatic heterocycles. The largest absolute Gasteiger partial charge is 0.499 e. The molecular formula is C17H17NO2. The maximum Gasteiger partial charge on any atom is 0.123 e. The molecule has 0 saturated heterocycles. The first-order valence-corrected chi connectivity index (χ1v) is 6.68. The van der Waals surface area contributed by atoms with E-state index in [9.17, 15) is 0 Å². The minimum absolute atomic E-state index is 0.522. The number of ether oxygens (including phenoxy) is 2. The summed E-state index contributed by atoms with van der Waals surface area (Å²) >= 11 is 0. The predicted octanol–water partition coefficient (Wildman–Crippen LogP) is 3.93. The summed E-state index contributed by atoms with van der Waals surface area (Å²) in [6.45, 7) is 5.11. The molecule has 0 fully saturated rings. The molecule has 102 valence electrons. The lowest BCUT2D eigenvalue weighted by molar-refractivity contribution is 0.0477. The highest BCUT2D eigenvalue weighted by atomic mass is 16.5. The van der Waals surface area contributed by atoms with Gasteiger partial charge in [-0.2, -0.15) is 0 Å². The first kappa shape index (κ1) is 12.8. The molecule has 0 saturated carbocycles. The van der Waals surface area contributed by atoms with Crippen LogP contribution in [-0.2, 0) is 16.2 Å². The zero-order chi connectivity index (χ0) is 13.8. The first-order valence-electron chi connectivity index (χ1n) is 6.68. The topological polar surface area (TPSA) is 23.4 Å². The maximum atomic E-state index is 5.69. The molecule has 3 rings (SSSR count). The van der Waals surface area contributed by atoms with E-state index in [1.54, 1.807) is 0 Å². The van der Waals surface area contributed by atoms with Crippen LogP contribution in [0.3, 0.4) is 0 Å². The molecule has 3 nitrogen and oxygen atoms in total. The van der Waals surface area contributed by atoms with Gasteiger partial charge in [0.05, 0.1) is 23.9 Å². The van der Waals surface area contributed by atoms with Crippen LogP contribution in [0, 0.1) is 0 Å². The van der Waals surface area contributed by atoms with Gasteiger partial charge in [0.2, 0.25) is 0 Å². The molecule has 0 aliphatic carbocycles. The van der Waals surface area contributed by atoms with Crippen molar-refractivity contribution >= 4 is 21.8 Å². The smallest absolute Gasteiger partial charge is 0.123 e. The Morgan fingerprint density at radius 1 is 0.900 bits per heavy atom. The number of hydrogen-bond acceptors (Lipinski definition) is 2. The van der Waals surface area contributed by atoms with Crippen LogP contribution in [0.1, 0.15) is 0 Å². The molecule has 0 aliphatic rings. The van der Waals surface area contributed by atoms with E-state index in [2.05, 4.69) is 59.7 Å².